The van der Waals surface area contributed by atoms with Crippen LogP contribution in [0, 0.1) is 18.7 Å². The number of thioether (sulfide) groups is 1. The van der Waals surface area contributed by atoms with Gasteiger partial charge in [-0.1, -0.05) is 25.1 Å². The average molecular weight is 434 g/mol. The van der Waals surface area contributed by atoms with Crippen LogP contribution in [-0.2, 0) is 0 Å². The van der Waals surface area contributed by atoms with Gasteiger partial charge in [0.2, 0.25) is 0 Å². The molecule has 3 atom stereocenters. The van der Waals surface area contributed by atoms with Crippen molar-refractivity contribution in [3.8, 4) is 0 Å². The van der Waals surface area contributed by atoms with Gasteiger partial charge in [-0.15, -0.1) is 11.8 Å². The Morgan fingerprint density at radius 1 is 1.34 bits per heavy atom. The van der Waals surface area contributed by atoms with Crippen LogP contribution in [0.3, 0.4) is 0 Å². The molecular formula is C23H25ClFNO2S. The van der Waals surface area contributed by atoms with E-state index in [0.29, 0.717) is 28.3 Å². The Balaban J connectivity index is 1.75. The van der Waals surface area contributed by atoms with Gasteiger partial charge < -0.3 is 10.4 Å². The Bertz CT molecular complexity index is 960. The van der Waals surface area contributed by atoms with E-state index in [1.165, 1.54) is 12.1 Å². The van der Waals surface area contributed by atoms with Gasteiger partial charge in [-0.3, -0.25) is 4.79 Å². The molecule has 1 unspecified atom stereocenters. The standard InChI is InChI=1S/C23H25ClFNO2S/c1-13-9-17(6-8-20(13)25)26-22(27)16-5-7-19(24)21(12-16)29-18-10-14(2)23(4,28)15(3)11-18/h5-9,12,15,18,28H,2,10-11H2,1,3-4H3,(H,26,27)/t15?,18-,23-/m0/s1. The minimum absolute atomic E-state index is 0.0909. The summed E-state index contributed by atoms with van der Waals surface area (Å²) in [5.41, 5.74) is 1.46. The van der Waals surface area contributed by atoms with Crippen molar-refractivity contribution in [2.45, 2.75) is 49.4 Å². The van der Waals surface area contributed by atoms with Gasteiger partial charge in [0.1, 0.15) is 5.82 Å². The molecule has 0 saturated heterocycles. The number of anilines is 1. The third-order valence-corrected chi connectivity index (χ3v) is 7.39. The average Bonchev–Trinajstić information content (AvgIpc) is 2.65. The molecule has 29 heavy (non-hydrogen) atoms. The third-order valence-electron chi connectivity index (χ3n) is 5.67. The number of hydrogen-bond donors (Lipinski definition) is 2. The predicted molar refractivity (Wildman–Crippen MR) is 118 cm³/mol. The number of benzene rings is 2. The maximum Gasteiger partial charge on any atom is 0.255 e. The fourth-order valence-electron chi connectivity index (χ4n) is 3.47. The van der Waals surface area contributed by atoms with E-state index in [0.717, 1.165) is 16.9 Å². The second kappa shape index (κ2) is 8.50. The van der Waals surface area contributed by atoms with Crippen molar-refractivity contribution in [3.63, 3.8) is 0 Å². The normalized spacial score (nSPS) is 24.4. The molecule has 0 bridgehead atoms. The van der Waals surface area contributed by atoms with Crippen molar-refractivity contribution < 1.29 is 14.3 Å². The summed E-state index contributed by atoms with van der Waals surface area (Å²) in [6.45, 7) is 9.54. The van der Waals surface area contributed by atoms with E-state index in [9.17, 15) is 14.3 Å². The van der Waals surface area contributed by atoms with Crippen LogP contribution >= 0.6 is 23.4 Å². The molecule has 0 radical (unpaired) electrons. The summed E-state index contributed by atoms with van der Waals surface area (Å²) in [6.07, 6.45) is 1.53. The van der Waals surface area contributed by atoms with Crippen LogP contribution in [0.1, 0.15) is 42.6 Å². The quantitative estimate of drug-likeness (QED) is 0.561. The van der Waals surface area contributed by atoms with E-state index < -0.39 is 5.60 Å². The van der Waals surface area contributed by atoms with Gasteiger partial charge in [0, 0.05) is 21.4 Å². The molecule has 0 heterocycles. The summed E-state index contributed by atoms with van der Waals surface area (Å²) in [5.74, 6) is -0.498. The number of hydrogen-bond acceptors (Lipinski definition) is 3. The van der Waals surface area contributed by atoms with Gasteiger partial charge in [0.15, 0.2) is 0 Å². The van der Waals surface area contributed by atoms with Crippen LogP contribution in [0.25, 0.3) is 0 Å². The fraction of sp³-hybridized carbons (Fsp3) is 0.348. The minimum atomic E-state index is -0.851. The molecule has 1 aliphatic rings. The van der Waals surface area contributed by atoms with E-state index in [1.807, 2.05) is 13.8 Å². The van der Waals surface area contributed by atoms with E-state index in [2.05, 4.69) is 11.9 Å². The lowest BCUT2D eigenvalue weighted by atomic mass is 9.74. The number of halogens is 2. The number of carbonyl (C=O) groups is 1. The summed E-state index contributed by atoms with van der Waals surface area (Å²) in [7, 11) is 0. The summed E-state index contributed by atoms with van der Waals surface area (Å²) in [6, 6.07) is 9.63. The van der Waals surface area contributed by atoms with Gasteiger partial charge in [0.25, 0.3) is 5.91 Å². The lowest BCUT2D eigenvalue weighted by Crippen LogP contribution is -2.41. The second-order valence-electron chi connectivity index (χ2n) is 7.90. The lowest BCUT2D eigenvalue weighted by Gasteiger charge is -2.40. The van der Waals surface area contributed by atoms with Crippen LogP contribution in [0.4, 0.5) is 10.1 Å². The van der Waals surface area contributed by atoms with Crippen molar-refractivity contribution in [2.75, 3.05) is 5.32 Å². The van der Waals surface area contributed by atoms with E-state index >= 15 is 0 Å². The van der Waals surface area contributed by atoms with E-state index in [-0.39, 0.29) is 22.9 Å². The highest BCUT2D eigenvalue weighted by Crippen LogP contribution is 2.44. The summed E-state index contributed by atoms with van der Waals surface area (Å²) in [5, 5.41) is 14.1. The number of aryl methyl sites for hydroxylation is 1. The van der Waals surface area contributed by atoms with Crippen molar-refractivity contribution >= 4 is 35.0 Å². The first kappa shape index (κ1) is 21.9. The van der Waals surface area contributed by atoms with Crippen molar-refractivity contribution in [1.82, 2.24) is 0 Å². The first-order chi connectivity index (χ1) is 13.6. The fourth-order valence-corrected chi connectivity index (χ4v) is 5.12. The molecule has 2 aromatic rings. The minimum Gasteiger partial charge on any atom is -0.386 e. The molecule has 0 aliphatic heterocycles. The second-order valence-corrected chi connectivity index (χ2v) is 9.64. The van der Waals surface area contributed by atoms with Crippen molar-refractivity contribution in [2.24, 2.45) is 5.92 Å². The molecule has 6 heteroatoms. The molecule has 1 amide bonds. The molecule has 0 aromatic heterocycles. The van der Waals surface area contributed by atoms with Gasteiger partial charge in [-0.25, -0.2) is 4.39 Å². The number of carbonyl (C=O) groups excluding carboxylic acids is 1. The Morgan fingerprint density at radius 3 is 2.72 bits per heavy atom. The van der Waals surface area contributed by atoms with Crippen molar-refractivity contribution in [1.29, 1.82) is 0 Å². The zero-order valence-corrected chi connectivity index (χ0v) is 18.3. The largest absolute Gasteiger partial charge is 0.386 e. The summed E-state index contributed by atoms with van der Waals surface area (Å²) in [4.78, 5) is 13.5. The maximum absolute atomic E-state index is 13.4. The van der Waals surface area contributed by atoms with Crippen LogP contribution in [-0.4, -0.2) is 21.9 Å². The van der Waals surface area contributed by atoms with Gasteiger partial charge in [0.05, 0.1) is 10.6 Å². The monoisotopic (exact) mass is 433 g/mol. The predicted octanol–water partition coefficient (Wildman–Crippen LogP) is 6.24. The highest BCUT2D eigenvalue weighted by atomic mass is 35.5. The van der Waals surface area contributed by atoms with Gasteiger partial charge >= 0.3 is 0 Å². The van der Waals surface area contributed by atoms with E-state index in [4.69, 9.17) is 11.6 Å². The Labute approximate surface area is 180 Å². The zero-order chi connectivity index (χ0) is 21.3. The van der Waals surface area contributed by atoms with Crippen LogP contribution in [0.5, 0.6) is 0 Å². The highest BCUT2D eigenvalue weighted by molar-refractivity contribution is 8.00. The first-order valence-electron chi connectivity index (χ1n) is 9.52. The SMILES string of the molecule is C=C1C[C@H](Sc2cc(C(=O)Nc3ccc(F)c(C)c3)ccc2Cl)CC(C)[C@@]1(C)O. The molecule has 3 rings (SSSR count). The smallest absolute Gasteiger partial charge is 0.255 e. The van der Waals surface area contributed by atoms with E-state index in [1.54, 1.807) is 43.0 Å². The number of amides is 1. The molecule has 2 aromatic carbocycles. The molecule has 1 aliphatic carbocycles. The number of aliphatic hydroxyl groups is 1. The Hall–Kier alpha value is -1.82. The maximum atomic E-state index is 13.4. The topological polar surface area (TPSA) is 49.3 Å². The summed E-state index contributed by atoms with van der Waals surface area (Å²) < 4.78 is 13.4. The van der Waals surface area contributed by atoms with Crippen molar-refractivity contribution in [3.05, 3.63) is 70.5 Å². The van der Waals surface area contributed by atoms with Crippen LogP contribution < -0.4 is 5.32 Å². The molecule has 0 spiro atoms. The number of nitrogens with one attached hydrogen (secondary N) is 1. The van der Waals surface area contributed by atoms with Gasteiger partial charge in [-0.05, 0) is 80.1 Å². The summed E-state index contributed by atoms with van der Waals surface area (Å²) >= 11 is 7.99. The highest BCUT2D eigenvalue weighted by Gasteiger charge is 2.38. The first-order valence-corrected chi connectivity index (χ1v) is 10.8. The Morgan fingerprint density at radius 2 is 2.07 bits per heavy atom. The molecule has 154 valence electrons. The molecular weight excluding hydrogens is 409 g/mol. The third kappa shape index (κ3) is 4.85. The molecule has 1 fully saturated rings. The number of rotatable bonds is 4. The Kier molecular flexibility index (Phi) is 6.42. The van der Waals surface area contributed by atoms with Crippen LogP contribution in [0.15, 0.2) is 53.4 Å². The molecule has 2 N–H and O–H groups in total. The van der Waals surface area contributed by atoms with Crippen LogP contribution in [0.2, 0.25) is 5.02 Å². The molecule has 3 nitrogen and oxygen atoms in total. The lowest BCUT2D eigenvalue weighted by molar-refractivity contribution is 0.0237. The molecule has 1 saturated carbocycles. The zero-order valence-electron chi connectivity index (χ0n) is 16.8. The van der Waals surface area contributed by atoms with Gasteiger partial charge in [-0.2, -0.15) is 0 Å².